The average Bonchev–Trinajstić information content (AvgIpc) is 2.48. The highest BCUT2D eigenvalue weighted by Crippen LogP contribution is 2.23. The monoisotopic (exact) mass is 275 g/mol. The fraction of sp³-hybridized carbons (Fsp3) is 0.533. The van der Waals surface area contributed by atoms with E-state index in [0.29, 0.717) is 0 Å². The van der Waals surface area contributed by atoms with E-state index in [9.17, 15) is 9.59 Å². The quantitative estimate of drug-likeness (QED) is 0.906. The van der Waals surface area contributed by atoms with Gasteiger partial charge in [0.2, 0.25) is 11.8 Å². The van der Waals surface area contributed by atoms with E-state index in [1.165, 1.54) is 0 Å². The zero-order valence-corrected chi connectivity index (χ0v) is 12.2. The first kappa shape index (κ1) is 14.5. The number of hydrogen-bond acceptors (Lipinski definition) is 3. The van der Waals surface area contributed by atoms with Gasteiger partial charge in [0, 0.05) is 6.20 Å². The van der Waals surface area contributed by atoms with Crippen molar-refractivity contribution in [2.45, 2.75) is 39.3 Å². The summed E-state index contributed by atoms with van der Waals surface area (Å²) < 4.78 is 0. The third kappa shape index (κ3) is 2.81. The van der Waals surface area contributed by atoms with Crippen LogP contribution in [-0.2, 0) is 9.59 Å². The lowest BCUT2D eigenvalue weighted by Gasteiger charge is -2.38. The van der Waals surface area contributed by atoms with E-state index < -0.39 is 6.04 Å². The molecule has 0 spiro atoms. The summed E-state index contributed by atoms with van der Waals surface area (Å²) in [6.07, 6.45) is 2.55. The van der Waals surface area contributed by atoms with Gasteiger partial charge in [-0.2, -0.15) is 0 Å². The summed E-state index contributed by atoms with van der Waals surface area (Å²) in [5.74, 6) is 0.0139. The third-order valence-corrected chi connectivity index (χ3v) is 3.98. The minimum Gasteiger partial charge on any atom is -0.342 e. The number of rotatable bonds is 4. The first-order valence-electron chi connectivity index (χ1n) is 7.05. The molecule has 1 N–H and O–H groups in total. The molecule has 3 atom stereocenters. The molecule has 3 unspecified atom stereocenters. The Morgan fingerprint density at radius 1 is 1.40 bits per heavy atom. The van der Waals surface area contributed by atoms with Gasteiger partial charge in [0.25, 0.3) is 0 Å². The number of piperazine rings is 1. The van der Waals surface area contributed by atoms with Crippen LogP contribution in [0.2, 0.25) is 0 Å². The summed E-state index contributed by atoms with van der Waals surface area (Å²) in [4.78, 5) is 30.3. The van der Waals surface area contributed by atoms with Gasteiger partial charge in [-0.3, -0.25) is 14.6 Å². The molecule has 0 radical (unpaired) electrons. The predicted octanol–water partition coefficient (Wildman–Crippen LogP) is 1.52. The van der Waals surface area contributed by atoms with Crippen molar-refractivity contribution >= 4 is 11.8 Å². The predicted molar refractivity (Wildman–Crippen MR) is 75.8 cm³/mol. The second kappa shape index (κ2) is 6.03. The van der Waals surface area contributed by atoms with Gasteiger partial charge in [0.05, 0.1) is 11.7 Å². The summed E-state index contributed by atoms with van der Waals surface area (Å²) in [5.41, 5.74) is 0.804. The molecule has 1 saturated heterocycles. The zero-order chi connectivity index (χ0) is 14.7. The van der Waals surface area contributed by atoms with Gasteiger partial charge in [0.1, 0.15) is 12.6 Å². The van der Waals surface area contributed by atoms with Crippen LogP contribution in [0.25, 0.3) is 0 Å². The molecule has 0 aromatic carbocycles. The van der Waals surface area contributed by atoms with Crippen molar-refractivity contribution in [1.29, 1.82) is 0 Å². The number of carbonyl (C=O) groups is 2. The molecule has 2 amide bonds. The van der Waals surface area contributed by atoms with Crippen LogP contribution in [-0.4, -0.2) is 34.3 Å². The fourth-order valence-electron chi connectivity index (χ4n) is 2.42. The Morgan fingerprint density at radius 2 is 2.15 bits per heavy atom. The van der Waals surface area contributed by atoms with Crippen molar-refractivity contribution < 1.29 is 9.59 Å². The Hall–Kier alpha value is -1.91. The number of hydrogen-bond donors (Lipinski definition) is 1. The lowest BCUT2D eigenvalue weighted by Crippen LogP contribution is -2.60. The number of pyridine rings is 1. The minimum absolute atomic E-state index is 0.0166. The molecule has 0 aliphatic carbocycles. The highest BCUT2D eigenvalue weighted by atomic mass is 16.2. The van der Waals surface area contributed by atoms with Crippen LogP contribution >= 0.6 is 0 Å². The fourth-order valence-corrected chi connectivity index (χ4v) is 2.42. The third-order valence-electron chi connectivity index (χ3n) is 3.98. The summed E-state index contributed by atoms with van der Waals surface area (Å²) >= 11 is 0. The van der Waals surface area contributed by atoms with Crippen molar-refractivity contribution in [1.82, 2.24) is 15.2 Å². The van der Waals surface area contributed by atoms with Crippen molar-refractivity contribution in [2.75, 3.05) is 6.54 Å². The Labute approximate surface area is 119 Å². The van der Waals surface area contributed by atoms with Crippen molar-refractivity contribution in [3.05, 3.63) is 30.1 Å². The summed E-state index contributed by atoms with van der Waals surface area (Å²) in [6.45, 7) is 6.01. The summed E-state index contributed by atoms with van der Waals surface area (Å²) in [5, 5.41) is 2.80. The SMILES string of the molecule is CCC(C)C1NC(=O)CN(C(C)c2ccccn2)C1=O. The Bertz CT molecular complexity index is 489. The van der Waals surface area contributed by atoms with Crippen LogP contribution in [0.15, 0.2) is 24.4 Å². The molecular formula is C15H21N3O2. The molecule has 1 fully saturated rings. The Balaban J connectivity index is 2.22. The molecular weight excluding hydrogens is 254 g/mol. The van der Waals surface area contributed by atoms with E-state index in [4.69, 9.17) is 0 Å². The number of carbonyl (C=O) groups excluding carboxylic acids is 2. The maximum absolute atomic E-state index is 12.6. The number of nitrogens with one attached hydrogen (secondary N) is 1. The first-order valence-corrected chi connectivity index (χ1v) is 7.05. The van der Waals surface area contributed by atoms with Gasteiger partial charge in [-0.1, -0.05) is 26.3 Å². The van der Waals surface area contributed by atoms with Crippen LogP contribution in [0.5, 0.6) is 0 Å². The molecule has 20 heavy (non-hydrogen) atoms. The van der Waals surface area contributed by atoms with Crippen molar-refractivity contribution in [3.8, 4) is 0 Å². The molecule has 1 aromatic heterocycles. The molecule has 2 heterocycles. The lowest BCUT2D eigenvalue weighted by atomic mass is 9.95. The van der Waals surface area contributed by atoms with Crippen LogP contribution in [0.3, 0.4) is 0 Å². The molecule has 0 saturated carbocycles. The molecule has 5 heteroatoms. The topological polar surface area (TPSA) is 62.3 Å². The van der Waals surface area contributed by atoms with Gasteiger partial charge < -0.3 is 10.2 Å². The zero-order valence-electron chi connectivity index (χ0n) is 12.2. The second-order valence-corrected chi connectivity index (χ2v) is 5.33. The molecule has 1 aliphatic rings. The summed E-state index contributed by atoms with van der Waals surface area (Å²) in [7, 11) is 0. The maximum Gasteiger partial charge on any atom is 0.246 e. The minimum atomic E-state index is -0.424. The summed E-state index contributed by atoms with van der Waals surface area (Å²) in [6, 6.07) is 4.99. The van der Waals surface area contributed by atoms with Gasteiger partial charge in [-0.05, 0) is 25.0 Å². The van der Waals surface area contributed by atoms with Crippen LogP contribution in [0.4, 0.5) is 0 Å². The highest BCUT2D eigenvalue weighted by molar-refractivity contribution is 5.95. The number of amides is 2. The average molecular weight is 275 g/mol. The van der Waals surface area contributed by atoms with Crippen LogP contribution in [0.1, 0.15) is 38.9 Å². The lowest BCUT2D eigenvalue weighted by molar-refractivity contribution is -0.148. The Kier molecular flexibility index (Phi) is 4.37. The standard InChI is InChI=1S/C15H21N3O2/c1-4-10(2)14-15(20)18(9-13(19)17-14)11(3)12-7-5-6-8-16-12/h5-8,10-11,14H,4,9H2,1-3H3,(H,17,19). The molecule has 5 nitrogen and oxygen atoms in total. The van der Waals surface area contributed by atoms with Crippen molar-refractivity contribution in [3.63, 3.8) is 0 Å². The van der Waals surface area contributed by atoms with Gasteiger partial charge in [0.15, 0.2) is 0 Å². The van der Waals surface area contributed by atoms with E-state index in [1.54, 1.807) is 11.1 Å². The largest absolute Gasteiger partial charge is 0.342 e. The van der Waals surface area contributed by atoms with Crippen LogP contribution in [0, 0.1) is 5.92 Å². The van der Waals surface area contributed by atoms with E-state index in [2.05, 4.69) is 10.3 Å². The van der Waals surface area contributed by atoms with Gasteiger partial charge in [-0.25, -0.2) is 0 Å². The number of nitrogens with zero attached hydrogens (tertiary/aromatic N) is 2. The molecule has 0 bridgehead atoms. The molecule has 2 rings (SSSR count). The first-order chi connectivity index (χ1) is 9.54. The van der Waals surface area contributed by atoms with E-state index >= 15 is 0 Å². The highest BCUT2D eigenvalue weighted by Gasteiger charge is 2.38. The number of aromatic nitrogens is 1. The molecule has 1 aliphatic heterocycles. The van der Waals surface area contributed by atoms with E-state index in [0.717, 1.165) is 12.1 Å². The maximum atomic E-state index is 12.6. The van der Waals surface area contributed by atoms with E-state index in [-0.39, 0.29) is 30.3 Å². The van der Waals surface area contributed by atoms with E-state index in [1.807, 2.05) is 39.0 Å². The van der Waals surface area contributed by atoms with Gasteiger partial charge >= 0.3 is 0 Å². The Morgan fingerprint density at radius 3 is 2.75 bits per heavy atom. The van der Waals surface area contributed by atoms with Gasteiger partial charge in [-0.15, -0.1) is 0 Å². The normalized spacial score (nSPS) is 22.4. The van der Waals surface area contributed by atoms with Crippen molar-refractivity contribution in [2.24, 2.45) is 5.92 Å². The van der Waals surface area contributed by atoms with Crippen LogP contribution < -0.4 is 5.32 Å². The molecule has 108 valence electrons. The molecule has 1 aromatic rings. The smallest absolute Gasteiger partial charge is 0.246 e. The second-order valence-electron chi connectivity index (χ2n) is 5.33.